The fraction of sp³-hybridized carbons (Fsp3) is 0.560. The zero-order chi connectivity index (χ0) is 23.3. The minimum atomic E-state index is -3.14. The molecule has 0 radical (unpaired) electrons. The summed E-state index contributed by atoms with van der Waals surface area (Å²) in [5.41, 5.74) is 3.45. The van der Waals surface area contributed by atoms with Crippen molar-refractivity contribution in [2.24, 2.45) is 5.92 Å². The van der Waals surface area contributed by atoms with Crippen molar-refractivity contribution in [3.8, 4) is 11.6 Å². The molecular formula is C25H35N3O4S. The summed E-state index contributed by atoms with van der Waals surface area (Å²) in [4.78, 5) is 6.79. The van der Waals surface area contributed by atoms with Crippen LogP contribution < -0.4 is 14.4 Å². The Balaban J connectivity index is 1.17. The van der Waals surface area contributed by atoms with E-state index in [2.05, 4.69) is 22.0 Å². The highest BCUT2D eigenvalue weighted by atomic mass is 32.2. The zero-order valence-corrected chi connectivity index (χ0v) is 20.5. The second kappa shape index (κ2) is 10.7. The highest BCUT2D eigenvalue weighted by Crippen LogP contribution is 2.28. The molecule has 33 heavy (non-hydrogen) atoms. The van der Waals surface area contributed by atoms with Crippen molar-refractivity contribution in [1.29, 1.82) is 0 Å². The third-order valence-corrected chi connectivity index (χ3v) is 7.89. The molecule has 0 amide bonds. The largest absolute Gasteiger partial charge is 0.494 e. The normalized spacial score (nSPS) is 17.6. The maximum atomic E-state index is 11.8. The molecule has 0 aliphatic carbocycles. The number of ether oxygens (including phenoxy) is 2. The number of hydrogen-bond donors (Lipinski definition) is 0. The van der Waals surface area contributed by atoms with Crippen LogP contribution in [-0.4, -0.2) is 56.8 Å². The van der Waals surface area contributed by atoms with Crippen molar-refractivity contribution >= 4 is 15.7 Å². The number of pyridine rings is 1. The molecule has 1 saturated heterocycles. The second-order valence-corrected chi connectivity index (χ2v) is 11.0. The molecule has 4 rings (SSSR count). The van der Waals surface area contributed by atoms with E-state index in [1.807, 2.05) is 31.3 Å². The van der Waals surface area contributed by atoms with Gasteiger partial charge in [0.05, 0.1) is 31.4 Å². The van der Waals surface area contributed by atoms with E-state index in [0.717, 1.165) is 49.8 Å². The monoisotopic (exact) mass is 473 g/mol. The van der Waals surface area contributed by atoms with E-state index in [9.17, 15) is 8.42 Å². The van der Waals surface area contributed by atoms with Crippen LogP contribution in [0.5, 0.6) is 11.6 Å². The summed E-state index contributed by atoms with van der Waals surface area (Å²) >= 11 is 0. The van der Waals surface area contributed by atoms with Crippen LogP contribution in [0.15, 0.2) is 36.5 Å². The summed E-state index contributed by atoms with van der Waals surface area (Å²) in [6, 6.07) is 10.1. The Morgan fingerprint density at radius 3 is 2.58 bits per heavy atom. The number of aromatic nitrogens is 1. The molecule has 0 atom stereocenters. The molecule has 8 heteroatoms. The molecule has 3 heterocycles. The molecule has 0 bridgehead atoms. The molecule has 0 spiro atoms. The van der Waals surface area contributed by atoms with Gasteiger partial charge in [-0.2, -0.15) is 4.31 Å². The van der Waals surface area contributed by atoms with Crippen molar-refractivity contribution in [1.82, 2.24) is 9.29 Å². The summed E-state index contributed by atoms with van der Waals surface area (Å²) in [6.07, 6.45) is 8.55. The summed E-state index contributed by atoms with van der Waals surface area (Å²) in [7, 11) is -3.14. The number of sulfonamides is 1. The Hall–Kier alpha value is -2.32. The minimum Gasteiger partial charge on any atom is -0.494 e. The molecule has 2 aliphatic rings. The van der Waals surface area contributed by atoms with Crippen LogP contribution in [0.2, 0.25) is 0 Å². The first-order valence-corrected chi connectivity index (χ1v) is 13.8. The average Bonchev–Trinajstić information content (AvgIpc) is 2.82. The van der Waals surface area contributed by atoms with Crippen LogP contribution in [0.1, 0.15) is 43.7 Å². The lowest BCUT2D eigenvalue weighted by atomic mass is 9.92. The number of benzene rings is 1. The van der Waals surface area contributed by atoms with Crippen molar-refractivity contribution in [2.75, 3.05) is 44.0 Å². The third-order valence-electron chi connectivity index (χ3n) is 6.64. The maximum absolute atomic E-state index is 11.8. The predicted molar refractivity (Wildman–Crippen MR) is 130 cm³/mol. The van der Waals surface area contributed by atoms with Crippen LogP contribution in [0, 0.1) is 5.92 Å². The van der Waals surface area contributed by atoms with E-state index in [1.165, 1.54) is 41.1 Å². The molecule has 1 aromatic carbocycles. The van der Waals surface area contributed by atoms with Crippen LogP contribution in [0.3, 0.4) is 0 Å². The Labute approximate surface area is 197 Å². The zero-order valence-electron chi connectivity index (χ0n) is 19.7. The SMILES string of the molecule is CCOc1ccc(N2CCC(CCCOc3ccc4c(c3)CCN(S(C)(=O)=O)C4)CC2)cn1. The number of piperidine rings is 1. The van der Waals surface area contributed by atoms with Crippen molar-refractivity contribution in [3.63, 3.8) is 0 Å². The lowest BCUT2D eigenvalue weighted by molar-refractivity contribution is 0.278. The van der Waals surface area contributed by atoms with E-state index >= 15 is 0 Å². The van der Waals surface area contributed by atoms with Gasteiger partial charge in [0.25, 0.3) is 0 Å². The molecule has 180 valence electrons. The quantitative estimate of drug-likeness (QED) is 0.515. The fourth-order valence-corrected chi connectivity index (χ4v) is 5.51. The van der Waals surface area contributed by atoms with Gasteiger partial charge in [0.1, 0.15) is 5.75 Å². The summed E-state index contributed by atoms with van der Waals surface area (Å²) < 4.78 is 36.5. The third kappa shape index (κ3) is 6.38. The smallest absolute Gasteiger partial charge is 0.213 e. The van der Waals surface area contributed by atoms with Crippen molar-refractivity contribution in [3.05, 3.63) is 47.7 Å². The van der Waals surface area contributed by atoms with E-state index < -0.39 is 10.0 Å². The molecule has 1 fully saturated rings. The molecular weight excluding hydrogens is 438 g/mol. The van der Waals surface area contributed by atoms with Gasteiger partial charge in [-0.25, -0.2) is 13.4 Å². The average molecular weight is 474 g/mol. The van der Waals surface area contributed by atoms with Gasteiger partial charge in [0, 0.05) is 32.2 Å². The molecule has 1 aromatic heterocycles. The maximum Gasteiger partial charge on any atom is 0.213 e. The Morgan fingerprint density at radius 1 is 1.06 bits per heavy atom. The fourth-order valence-electron chi connectivity index (χ4n) is 4.71. The first-order chi connectivity index (χ1) is 15.9. The van der Waals surface area contributed by atoms with Crippen LogP contribution in [-0.2, 0) is 23.0 Å². The molecule has 0 unspecified atom stereocenters. The van der Waals surface area contributed by atoms with Crippen molar-refractivity contribution < 1.29 is 17.9 Å². The van der Waals surface area contributed by atoms with E-state index in [1.54, 1.807) is 0 Å². The Morgan fingerprint density at radius 2 is 1.88 bits per heavy atom. The summed E-state index contributed by atoms with van der Waals surface area (Å²) in [5.74, 6) is 2.32. The Bertz CT molecular complexity index is 1020. The number of hydrogen-bond acceptors (Lipinski definition) is 6. The lowest BCUT2D eigenvalue weighted by Crippen LogP contribution is -2.35. The van der Waals surface area contributed by atoms with Crippen LogP contribution >= 0.6 is 0 Å². The number of nitrogens with zero attached hydrogens (tertiary/aromatic N) is 3. The first-order valence-electron chi connectivity index (χ1n) is 12.0. The first kappa shape index (κ1) is 23.8. The molecule has 0 N–H and O–H groups in total. The van der Waals surface area contributed by atoms with Gasteiger partial charge < -0.3 is 14.4 Å². The predicted octanol–water partition coefficient (Wildman–Crippen LogP) is 3.87. The van der Waals surface area contributed by atoms with Crippen molar-refractivity contribution in [2.45, 2.75) is 45.6 Å². The highest BCUT2D eigenvalue weighted by molar-refractivity contribution is 7.88. The van der Waals surface area contributed by atoms with Crippen LogP contribution in [0.25, 0.3) is 0 Å². The van der Waals surface area contributed by atoms with Gasteiger partial charge in [-0.1, -0.05) is 6.07 Å². The molecule has 0 saturated carbocycles. The molecule has 7 nitrogen and oxygen atoms in total. The number of rotatable bonds is 9. The molecule has 2 aromatic rings. The molecule has 2 aliphatic heterocycles. The van der Waals surface area contributed by atoms with E-state index in [-0.39, 0.29) is 0 Å². The lowest BCUT2D eigenvalue weighted by Gasteiger charge is -2.33. The number of anilines is 1. The van der Waals surface area contributed by atoms with Gasteiger partial charge >= 0.3 is 0 Å². The van der Waals surface area contributed by atoms with E-state index in [0.29, 0.717) is 25.6 Å². The standard InChI is InChI=1S/C25H35N3O4S/c1-3-31-25-9-7-23(18-26-25)27-13-10-20(11-14-27)5-4-16-32-24-8-6-22-19-28(33(2,29)30)15-12-21(22)17-24/h6-9,17-18,20H,3-5,10-16,19H2,1-2H3. The summed E-state index contributed by atoms with van der Waals surface area (Å²) in [6.45, 7) is 6.46. The van der Waals surface area contributed by atoms with Gasteiger partial charge in [-0.05, 0) is 74.3 Å². The second-order valence-electron chi connectivity index (χ2n) is 8.99. The van der Waals surface area contributed by atoms with Gasteiger partial charge in [-0.15, -0.1) is 0 Å². The summed E-state index contributed by atoms with van der Waals surface area (Å²) in [5, 5.41) is 0. The van der Waals surface area contributed by atoms with Gasteiger partial charge in [-0.3, -0.25) is 0 Å². The van der Waals surface area contributed by atoms with Gasteiger partial charge in [0.15, 0.2) is 0 Å². The highest BCUT2D eigenvalue weighted by Gasteiger charge is 2.23. The van der Waals surface area contributed by atoms with E-state index in [4.69, 9.17) is 9.47 Å². The van der Waals surface area contributed by atoms with Gasteiger partial charge in [0.2, 0.25) is 15.9 Å². The topological polar surface area (TPSA) is 72.0 Å². The van der Waals surface area contributed by atoms with Crippen LogP contribution in [0.4, 0.5) is 5.69 Å². The Kier molecular flexibility index (Phi) is 7.75. The minimum absolute atomic E-state index is 0.458. The number of fused-ring (bicyclic) bond motifs is 1.